The van der Waals surface area contributed by atoms with Gasteiger partial charge in [-0.1, -0.05) is 50.1 Å². The molecule has 2 atom stereocenters. The van der Waals surface area contributed by atoms with Crippen molar-refractivity contribution in [1.82, 2.24) is 8.87 Å². The van der Waals surface area contributed by atoms with E-state index < -0.39 is 10.0 Å². The molecular weight excluding hydrogens is 466 g/mol. The van der Waals surface area contributed by atoms with Crippen LogP contribution in [0.1, 0.15) is 40.0 Å². The Bertz CT molecular complexity index is 1260. The van der Waals surface area contributed by atoms with Gasteiger partial charge in [0, 0.05) is 30.6 Å². The summed E-state index contributed by atoms with van der Waals surface area (Å²) in [6.07, 6.45) is 3.07. The average Bonchev–Trinajstić information content (AvgIpc) is 3.21. The topological polar surface area (TPSA) is 63.9 Å². The summed E-state index contributed by atoms with van der Waals surface area (Å²) in [5.41, 5.74) is 2.79. The minimum absolute atomic E-state index is 0.124. The van der Waals surface area contributed by atoms with E-state index in [0.29, 0.717) is 18.0 Å². The number of morpholine rings is 1. The smallest absolute Gasteiger partial charge is 0.243 e. The van der Waals surface area contributed by atoms with Crippen molar-refractivity contribution >= 4 is 27.0 Å². The Kier molecular flexibility index (Phi) is 8.03. The van der Waals surface area contributed by atoms with Crippen LogP contribution in [0.4, 0.5) is 5.69 Å². The molecule has 0 amide bonds. The predicted octanol–water partition coefficient (Wildman–Crippen LogP) is 5.44. The molecule has 1 aliphatic heterocycles. The van der Waals surface area contributed by atoms with Crippen molar-refractivity contribution in [3.05, 3.63) is 64.8 Å². The lowest BCUT2D eigenvalue weighted by Crippen LogP contribution is -2.48. The Morgan fingerprint density at radius 1 is 1.03 bits per heavy atom. The predicted molar refractivity (Wildman–Crippen MR) is 138 cm³/mol. The highest BCUT2D eigenvalue weighted by atomic mass is 32.2. The summed E-state index contributed by atoms with van der Waals surface area (Å²) < 4.78 is 36.4. The molecule has 0 saturated carbocycles. The van der Waals surface area contributed by atoms with Gasteiger partial charge in [0.15, 0.2) is 4.80 Å². The van der Waals surface area contributed by atoms with Gasteiger partial charge in [-0.2, -0.15) is 4.31 Å². The second kappa shape index (κ2) is 11.0. The number of sulfonamides is 1. The highest BCUT2D eigenvalue weighted by molar-refractivity contribution is 7.89. The molecule has 34 heavy (non-hydrogen) atoms. The van der Waals surface area contributed by atoms with E-state index in [0.717, 1.165) is 47.6 Å². The van der Waals surface area contributed by atoms with Crippen LogP contribution in [-0.2, 0) is 21.3 Å². The van der Waals surface area contributed by atoms with Crippen LogP contribution in [0.5, 0.6) is 0 Å². The number of ether oxygens (including phenoxy) is 1. The van der Waals surface area contributed by atoms with Crippen LogP contribution in [0.15, 0.2) is 69.9 Å². The number of rotatable bonds is 8. The fourth-order valence-corrected chi connectivity index (χ4v) is 6.88. The summed E-state index contributed by atoms with van der Waals surface area (Å²) in [6, 6.07) is 17.2. The largest absolute Gasteiger partial charge is 0.373 e. The van der Waals surface area contributed by atoms with Crippen LogP contribution in [-0.4, -0.2) is 42.6 Å². The molecule has 0 bridgehead atoms. The van der Waals surface area contributed by atoms with E-state index >= 15 is 0 Å². The van der Waals surface area contributed by atoms with E-state index in [4.69, 9.17) is 9.73 Å². The van der Waals surface area contributed by atoms with Gasteiger partial charge in [0.25, 0.3) is 0 Å². The van der Waals surface area contributed by atoms with Crippen molar-refractivity contribution in [3.63, 3.8) is 0 Å². The summed E-state index contributed by atoms with van der Waals surface area (Å²) in [5, 5.41) is 2.08. The zero-order chi connectivity index (χ0) is 24.1. The number of hydrogen-bond acceptors (Lipinski definition) is 5. The fraction of sp³-hybridized carbons (Fsp3) is 0.423. The van der Waals surface area contributed by atoms with Gasteiger partial charge in [0.2, 0.25) is 10.0 Å². The third kappa shape index (κ3) is 5.68. The fourth-order valence-electron chi connectivity index (χ4n) is 4.29. The number of unbranched alkanes of at least 4 members (excludes halogenated alkanes) is 2. The van der Waals surface area contributed by atoms with E-state index in [1.807, 2.05) is 56.3 Å². The van der Waals surface area contributed by atoms with E-state index in [1.54, 1.807) is 27.8 Å². The van der Waals surface area contributed by atoms with Crippen molar-refractivity contribution in [2.45, 2.75) is 63.7 Å². The maximum Gasteiger partial charge on any atom is 0.243 e. The molecule has 182 valence electrons. The van der Waals surface area contributed by atoms with Crippen molar-refractivity contribution in [3.8, 4) is 11.3 Å². The Morgan fingerprint density at radius 2 is 1.76 bits per heavy atom. The SMILES string of the molecule is CCCCCn1c(-c2cccc(S(=O)(=O)N3C[C@@H](C)O[C@H](C)C3)c2)csc1=Nc1ccccc1. The van der Waals surface area contributed by atoms with Gasteiger partial charge in [-0.3, -0.25) is 0 Å². The molecule has 1 fully saturated rings. The summed E-state index contributed by atoms with van der Waals surface area (Å²) in [4.78, 5) is 6.10. The highest BCUT2D eigenvalue weighted by Crippen LogP contribution is 2.27. The molecular formula is C26H33N3O3S2. The summed E-state index contributed by atoms with van der Waals surface area (Å²) in [7, 11) is -3.61. The van der Waals surface area contributed by atoms with Gasteiger partial charge in [-0.25, -0.2) is 13.4 Å². The molecule has 1 saturated heterocycles. The first-order valence-corrected chi connectivity index (χ1v) is 14.2. The zero-order valence-corrected chi connectivity index (χ0v) is 21.7. The van der Waals surface area contributed by atoms with Crippen LogP contribution in [0, 0.1) is 0 Å². The third-order valence-corrected chi connectivity index (χ3v) is 8.61. The van der Waals surface area contributed by atoms with Crippen LogP contribution >= 0.6 is 11.3 Å². The number of nitrogens with zero attached hydrogens (tertiary/aromatic N) is 3. The minimum atomic E-state index is -3.61. The third-order valence-electron chi connectivity index (χ3n) is 5.92. The van der Waals surface area contributed by atoms with E-state index in [2.05, 4.69) is 16.9 Å². The minimum Gasteiger partial charge on any atom is -0.373 e. The van der Waals surface area contributed by atoms with Gasteiger partial charge in [0.1, 0.15) is 0 Å². The second-order valence-corrected chi connectivity index (χ2v) is 11.6. The highest BCUT2D eigenvalue weighted by Gasteiger charge is 2.32. The second-order valence-electron chi connectivity index (χ2n) is 8.82. The molecule has 6 nitrogen and oxygen atoms in total. The Morgan fingerprint density at radius 3 is 2.47 bits per heavy atom. The zero-order valence-electron chi connectivity index (χ0n) is 20.1. The number of aromatic nitrogens is 1. The standard InChI is InChI=1S/C26H33N3O3S2/c1-4-5-9-15-29-25(19-33-26(29)27-23-12-7-6-8-13-23)22-11-10-14-24(16-22)34(30,31)28-17-20(2)32-21(3)18-28/h6-8,10-14,16,19-21H,4-5,9,15,17-18H2,1-3H3/t20-,21-/m1/s1. The maximum absolute atomic E-state index is 13.5. The van der Waals surface area contributed by atoms with Crippen molar-refractivity contribution in [1.29, 1.82) is 0 Å². The Labute approximate surface area is 206 Å². The lowest BCUT2D eigenvalue weighted by atomic mass is 10.1. The molecule has 1 aliphatic rings. The van der Waals surface area contributed by atoms with Gasteiger partial charge >= 0.3 is 0 Å². The molecule has 0 unspecified atom stereocenters. The first-order chi connectivity index (χ1) is 16.4. The molecule has 0 N–H and O–H groups in total. The van der Waals surface area contributed by atoms with Crippen molar-refractivity contribution in [2.75, 3.05) is 13.1 Å². The Hall–Kier alpha value is -2.26. The van der Waals surface area contributed by atoms with Crippen molar-refractivity contribution in [2.24, 2.45) is 4.99 Å². The monoisotopic (exact) mass is 499 g/mol. The summed E-state index contributed by atoms with van der Waals surface area (Å²) in [6.45, 7) is 7.59. The number of thiazole rings is 1. The summed E-state index contributed by atoms with van der Waals surface area (Å²) in [5.74, 6) is 0. The average molecular weight is 500 g/mol. The summed E-state index contributed by atoms with van der Waals surface area (Å²) >= 11 is 1.59. The lowest BCUT2D eigenvalue weighted by Gasteiger charge is -2.34. The van der Waals surface area contributed by atoms with Crippen LogP contribution < -0.4 is 4.80 Å². The van der Waals surface area contributed by atoms with Crippen LogP contribution in [0.2, 0.25) is 0 Å². The van der Waals surface area contributed by atoms with Crippen molar-refractivity contribution < 1.29 is 13.2 Å². The van der Waals surface area contributed by atoms with Gasteiger partial charge in [-0.05, 0) is 44.5 Å². The van der Waals surface area contributed by atoms with E-state index in [-0.39, 0.29) is 12.2 Å². The van der Waals surface area contributed by atoms with E-state index in [1.165, 1.54) is 0 Å². The lowest BCUT2D eigenvalue weighted by molar-refractivity contribution is -0.0440. The molecule has 0 spiro atoms. The van der Waals surface area contributed by atoms with Gasteiger partial charge < -0.3 is 9.30 Å². The molecule has 0 radical (unpaired) electrons. The Balaban J connectivity index is 1.72. The molecule has 3 aromatic rings. The first kappa shape index (κ1) is 24.9. The number of hydrogen-bond donors (Lipinski definition) is 0. The molecule has 2 aromatic carbocycles. The van der Waals surface area contributed by atoms with E-state index in [9.17, 15) is 8.42 Å². The molecule has 4 rings (SSSR count). The van der Waals surface area contributed by atoms with Gasteiger partial charge in [0.05, 0.1) is 28.5 Å². The molecule has 1 aromatic heterocycles. The van der Waals surface area contributed by atoms with Crippen LogP contribution in [0.3, 0.4) is 0 Å². The molecule has 8 heteroatoms. The first-order valence-electron chi connectivity index (χ1n) is 11.9. The quantitative estimate of drug-likeness (QED) is 0.388. The normalized spacial score (nSPS) is 20.0. The van der Waals surface area contributed by atoms with Gasteiger partial charge in [-0.15, -0.1) is 11.3 Å². The molecule has 2 heterocycles. The maximum atomic E-state index is 13.5. The molecule has 0 aliphatic carbocycles. The van der Waals surface area contributed by atoms with Crippen LogP contribution in [0.25, 0.3) is 11.3 Å². The number of benzene rings is 2. The number of para-hydroxylation sites is 1.